The van der Waals surface area contributed by atoms with Crippen LogP contribution in [0.5, 0.6) is 11.5 Å². The zero-order chi connectivity index (χ0) is 16.8. The number of carbonyl (C=O) groups excluding carboxylic acids is 1. The van der Waals surface area contributed by atoms with Crippen LogP contribution in [0.4, 0.5) is 0 Å². The molecule has 1 amide bonds. The number of carbonyl (C=O) groups is 1. The first-order chi connectivity index (χ1) is 11.0. The second-order valence-corrected chi connectivity index (χ2v) is 5.25. The van der Waals surface area contributed by atoms with Gasteiger partial charge in [0.25, 0.3) is 0 Å². The Morgan fingerprint density at radius 3 is 2.13 bits per heavy atom. The van der Waals surface area contributed by atoms with Crippen LogP contribution < -0.4 is 0 Å². The van der Waals surface area contributed by atoms with E-state index < -0.39 is 6.10 Å². The highest BCUT2D eigenvalue weighted by atomic mass is 16.3. The standard InChI is InChI=1S/C18H19NO4/c1-19(12-17(22)14-5-9-16(21)10-6-14)18(23)11-4-13-2-7-15(20)8-3-13/h2-11,17,20-22H,12H2,1H3. The topological polar surface area (TPSA) is 81.0 Å². The van der Waals surface area contributed by atoms with Gasteiger partial charge in [-0.1, -0.05) is 24.3 Å². The molecule has 2 rings (SSSR count). The molecule has 120 valence electrons. The van der Waals surface area contributed by atoms with E-state index in [0.717, 1.165) is 5.56 Å². The Balaban J connectivity index is 1.94. The van der Waals surface area contributed by atoms with E-state index in [1.165, 1.54) is 23.1 Å². The number of aliphatic hydroxyl groups excluding tert-OH is 1. The van der Waals surface area contributed by atoms with E-state index in [1.807, 2.05) is 0 Å². The molecule has 23 heavy (non-hydrogen) atoms. The van der Waals surface area contributed by atoms with Gasteiger partial charge in [0, 0.05) is 13.1 Å². The minimum absolute atomic E-state index is 0.127. The second kappa shape index (κ2) is 7.47. The summed E-state index contributed by atoms with van der Waals surface area (Å²) in [5, 5.41) is 28.6. The van der Waals surface area contributed by atoms with E-state index in [2.05, 4.69) is 0 Å². The number of rotatable bonds is 5. The van der Waals surface area contributed by atoms with Crippen LogP contribution in [0, 0.1) is 0 Å². The highest BCUT2D eigenvalue weighted by molar-refractivity contribution is 5.91. The van der Waals surface area contributed by atoms with E-state index in [1.54, 1.807) is 49.5 Å². The molecular formula is C18H19NO4. The maximum atomic E-state index is 12.0. The first kappa shape index (κ1) is 16.6. The van der Waals surface area contributed by atoms with Crippen molar-refractivity contribution in [2.75, 3.05) is 13.6 Å². The number of aliphatic hydroxyl groups is 1. The Kier molecular flexibility index (Phi) is 5.38. The summed E-state index contributed by atoms with van der Waals surface area (Å²) in [6, 6.07) is 12.7. The smallest absolute Gasteiger partial charge is 0.246 e. The third-order valence-electron chi connectivity index (χ3n) is 3.41. The molecule has 0 saturated heterocycles. The van der Waals surface area contributed by atoms with Crippen LogP contribution >= 0.6 is 0 Å². The van der Waals surface area contributed by atoms with Crippen LogP contribution in [0.25, 0.3) is 6.08 Å². The molecule has 0 bridgehead atoms. The molecule has 0 aliphatic rings. The largest absolute Gasteiger partial charge is 0.508 e. The molecule has 2 aromatic carbocycles. The summed E-state index contributed by atoms with van der Waals surface area (Å²) in [5.41, 5.74) is 1.42. The Labute approximate surface area is 134 Å². The number of phenols is 2. The van der Waals surface area contributed by atoms with Crippen LogP contribution in [0.15, 0.2) is 54.6 Å². The minimum atomic E-state index is -0.827. The highest BCUT2D eigenvalue weighted by Crippen LogP contribution is 2.17. The number of phenolic OH excluding ortho intramolecular Hbond substituents is 2. The predicted octanol–water partition coefficient (Wildman–Crippen LogP) is 2.30. The van der Waals surface area contributed by atoms with Crippen molar-refractivity contribution < 1.29 is 20.1 Å². The SMILES string of the molecule is CN(CC(O)c1ccc(O)cc1)C(=O)C=Cc1ccc(O)cc1. The van der Waals surface area contributed by atoms with Crippen molar-refractivity contribution in [3.63, 3.8) is 0 Å². The van der Waals surface area contributed by atoms with Crippen LogP contribution in [0.2, 0.25) is 0 Å². The zero-order valence-electron chi connectivity index (χ0n) is 12.8. The Bertz CT molecular complexity index is 677. The normalized spacial score (nSPS) is 12.3. The van der Waals surface area contributed by atoms with E-state index in [4.69, 9.17) is 0 Å². The summed E-state index contributed by atoms with van der Waals surface area (Å²) in [7, 11) is 1.60. The average molecular weight is 313 g/mol. The molecule has 0 saturated carbocycles. The lowest BCUT2D eigenvalue weighted by Gasteiger charge is -2.19. The fraction of sp³-hybridized carbons (Fsp3) is 0.167. The van der Waals surface area contributed by atoms with Crippen LogP contribution in [-0.2, 0) is 4.79 Å². The van der Waals surface area contributed by atoms with Gasteiger partial charge in [-0.05, 0) is 41.5 Å². The fourth-order valence-corrected chi connectivity index (χ4v) is 2.03. The molecule has 0 aromatic heterocycles. The molecule has 0 heterocycles. The average Bonchev–Trinajstić information content (AvgIpc) is 2.54. The van der Waals surface area contributed by atoms with E-state index >= 15 is 0 Å². The molecule has 2 aromatic rings. The van der Waals surface area contributed by atoms with Gasteiger partial charge in [0.05, 0.1) is 12.6 Å². The molecule has 0 spiro atoms. The van der Waals surface area contributed by atoms with Crippen molar-refractivity contribution in [1.82, 2.24) is 4.90 Å². The number of hydrogen-bond acceptors (Lipinski definition) is 4. The number of hydrogen-bond donors (Lipinski definition) is 3. The first-order valence-corrected chi connectivity index (χ1v) is 7.15. The quantitative estimate of drug-likeness (QED) is 0.740. The summed E-state index contributed by atoms with van der Waals surface area (Å²) >= 11 is 0. The van der Waals surface area contributed by atoms with E-state index in [0.29, 0.717) is 5.56 Å². The third-order valence-corrected chi connectivity index (χ3v) is 3.41. The summed E-state index contributed by atoms with van der Waals surface area (Å²) in [6.45, 7) is 0.142. The third kappa shape index (κ3) is 4.86. The second-order valence-electron chi connectivity index (χ2n) is 5.25. The molecule has 0 aliphatic heterocycles. The maximum Gasteiger partial charge on any atom is 0.246 e. The monoisotopic (exact) mass is 313 g/mol. The number of benzene rings is 2. The van der Waals surface area contributed by atoms with E-state index in [-0.39, 0.29) is 24.0 Å². The van der Waals surface area contributed by atoms with Crippen LogP contribution in [0.1, 0.15) is 17.2 Å². The molecule has 0 aliphatic carbocycles. The van der Waals surface area contributed by atoms with Gasteiger partial charge in [-0.15, -0.1) is 0 Å². The number of amides is 1. The van der Waals surface area contributed by atoms with Crippen LogP contribution in [0.3, 0.4) is 0 Å². The lowest BCUT2D eigenvalue weighted by molar-refractivity contribution is -0.126. The zero-order valence-corrected chi connectivity index (χ0v) is 12.8. The van der Waals surface area contributed by atoms with Crippen LogP contribution in [-0.4, -0.2) is 39.7 Å². The molecule has 0 fully saturated rings. The van der Waals surface area contributed by atoms with Gasteiger partial charge in [0.2, 0.25) is 5.91 Å². The van der Waals surface area contributed by atoms with Crippen molar-refractivity contribution in [2.24, 2.45) is 0 Å². The molecule has 1 unspecified atom stereocenters. The van der Waals surface area contributed by atoms with Gasteiger partial charge >= 0.3 is 0 Å². The molecular weight excluding hydrogens is 294 g/mol. The van der Waals surface area contributed by atoms with Crippen molar-refractivity contribution in [3.8, 4) is 11.5 Å². The van der Waals surface area contributed by atoms with Crippen molar-refractivity contribution in [3.05, 3.63) is 65.7 Å². The summed E-state index contributed by atoms with van der Waals surface area (Å²) < 4.78 is 0. The van der Waals surface area contributed by atoms with Gasteiger partial charge in [-0.25, -0.2) is 0 Å². The van der Waals surface area contributed by atoms with Crippen molar-refractivity contribution in [2.45, 2.75) is 6.10 Å². The summed E-state index contributed by atoms with van der Waals surface area (Å²) in [6.07, 6.45) is 2.23. The fourth-order valence-electron chi connectivity index (χ4n) is 2.03. The Hall–Kier alpha value is -2.79. The molecule has 5 nitrogen and oxygen atoms in total. The van der Waals surface area contributed by atoms with E-state index in [9.17, 15) is 20.1 Å². The van der Waals surface area contributed by atoms with Crippen molar-refractivity contribution >= 4 is 12.0 Å². The van der Waals surface area contributed by atoms with Gasteiger partial charge in [-0.3, -0.25) is 4.79 Å². The minimum Gasteiger partial charge on any atom is -0.508 e. The molecule has 1 atom stereocenters. The first-order valence-electron chi connectivity index (χ1n) is 7.15. The maximum absolute atomic E-state index is 12.0. The van der Waals surface area contributed by atoms with Gasteiger partial charge in [0.1, 0.15) is 11.5 Å². The molecule has 3 N–H and O–H groups in total. The highest BCUT2D eigenvalue weighted by Gasteiger charge is 2.13. The van der Waals surface area contributed by atoms with Gasteiger partial charge in [-0.2, -0.15) is 0 Å². The van der Waals surface area contributed by atoms with Gasteiger partial charge < -0.3 is 20.2 Å². The number of nitrogens with zero attached hydrogens (tertiary/aromatic N) is 1. The van der Waals surface area contributed by atoms with Gasteiger partial charge in [0.15, 0.2) is 0 Å². The van der Waals surface area contributed by atoms with Crippen molar-refractivity contribution in [1.29, 1.82) is 0 Å². The molecule has 0 radical (unpaired) electrons. The summed E-state index contributed by atoms with van der Waals surface area (Å²) in [4.78, 5) is 13.5. The number of likely N-dealkylation sites (N-methyl/N-ethyl adjacent to an activating group) is 1. The lowest BCUT2D eigenvalue weighted by atomic mass is 10.1. The predicted molar refractivity (Wildman–Crippen MR) is 87.8 cm³/mol. The molecule has 5 heteroatoms. The lowest BCUT2D eigenvalue weighted by Crippen LogP contribution is -2.29. The Morgan fingerprint density at radius 1 is 1.04 bits per heavy atom. The number of aromatic hydroxyl groups is 2. The Morgan fingerprint density at radius 2 is 1.57 bits per heavy atom. The summed E-state index contributed by atoms with van der Waals surface area (Å²) in [5.74, 6) is 0.0562.